The first-order valence-corrected chi connectivity index (χ1v) is 8.37. The average molecular weight is 260 g/mol. The zero-order valence-electron chi connectivity index (χ0n) is 12.0. The molecule has 0 saturated carbocycles. The molecule has 0 aliphatic carbocycles. The number of hydrogen-bond acceptors (Lipinski definition) is 3. The fourth-order valence-corrected chi connectivity index (χ4v) is 2.84. The standard InChI is InChI=1S/C14H32N2S/c1-4-6-7-8-9-10-11-14(16-15)12-17-13(3)5-2/h13-14,16H,4-12,15H2,1-3H3. The van der Waals surface area contributed by atoms with Crippen LogP contribution in [-0.2, 0) is 0 Å². The van der Waals surface area contributed by atoms with E-state index in [0.717, 1.165) is 11.0 Å². The van der Waals surface area contributed by atoms with Crippen LogP contribution in [0.2, 0.25) is 0 Å². The van der Waals surface area contributed by atoms with Gasteiger partial charge in [-0.25, -0.2) is 0 Å². The predicted octanol–water partition coefficient (Wildman–Crippen LogP) is 4.10. The molecule has 0 aliphatic heterocycles. The fourth-order valence-electron chi connectivity index (χ4n) is 1.78. The van der Waals surface area contributed by atoms with Gasteiger partial charge < -0.3 is 0 Å². The largest absolute Gasteiger partial charge is 0.271 e. The molecule has 0 heterocycles. The second kappa shape index (κ2) is 12.7. The number of unbranched alkanes of at least 4 members (excludes halogenated alkanes) is 5. The minimum Gasteiger partial charge on any atom is -0.271 e. The van der Waals surface area contributed by atoms with Crippen molar-refractivity contribution in [1.29, 1.82) is 0 Å². The van der Waals surface area contributed by atoms with E-state index in [9.17, 15) is 0 Å². The van der Waals surface area contributed by atoms with Crippen molar-refractivity contribution < 1.29 is 0 Å². The van der Waals surface area contributed by atoms with Crippen LogP contribution in [0.5, 0.6) is 0 Å². The van der Waals surface area contributed by atoms with E-state index in [0.29, 0.717) is 6.04 Å². The molecule has 0 rings (SSSR count). The first kappa shape index (κ1) is 17.3. The van der Waals surface area contributed by atoms with Crippen LogP contribution in [0.15, 0.2) is 0 Å². The molecule has 2 unspecified atom stereocenters. The molecule has 2 nitrogen and oxygen atoms in total. The number of hydrogen-bond donors (Lipinski definition) is 2. The Hall–Kier alpha value is 0.270. The third-order valence-electron chi connectivity index (χ3n) is 3.30. The Bertz CT molecular complexity index is 153. The van der Waals surface area contributed by atoms with Crippen LogP contribution < -0.4 is 11.3 Å². The Balaban J connectivity index is 3.41. The summed E-state index contributed by atoms with van der Waals surface area (Å²) in [5, 5.41) is 0.760. The normalized spacial score (nSPS) is 14.8. The highest BCUT2D eigenvalue weighted by Gasteiger charge is 2.08. The fraction of sp³-hybridized carbons (Fsp3) is 1.00. The second-order valence-electron chi connectivity index (χ2n) is 4.97. The Morgan fingerprint density at radius 1 is 1.06 bits per heavy atom. The molecule has 0 aromatic heterocycles. The first-order valence-electron chi connectivity index (χ1n) is 7.32. The number of hydrazine groups is 1. The number of nitrogens with two attached hydrogens (primary N) is 1. The number of rotatable bonds is 12. The minimum absolute atomic E-state index is 0.500. The smallest absolute Gasteiger partial charge is 0.0301 e. The molecule has 0 bridgehead atoms. The van der Waals surface area contributed by atoms with Crippen molar-refractivity contribution >= 4 is 11.8 Å². The Morgan fingerprint density at radius 3 is 2.29 bits per heavy atom. The third-order valence-corrected chi connectivity index (χ3v) is 4.80. The van der Waals surface area contributed by atoms with E-state index in [4.69, 9.17) is 5.84 Å². The van der Waals surface area contributed by atoms with E-state index in [-0.39, 0.29) is 0 Å². The second-order valence-corrected chi connectivity index (χ2v) is 6.44. The van der Waals surface area contributed by atoms with Crippen molar-refractivity contribution in [1.82, 2.24) is 5.43 Å². The highest BCUT2D eigenvalue weighted by Crippen LogP contribution is 2.17. The molecule has 0 aliphatic rings. The van der Waals surface area contributed by atoms with Gasteiger partial charge >= 0.3 is 0 Å². The van der Waals surface area contributed by atoms with Gasteiger partial charge in [0.15, 0.2) is 0 Å². The van der Waals surface area contributed by atoms with Gasteiger partial charge in [0.05, 0.1) is 0 Å². The van der Waals surface area contributed by atoms with Crippen molar-refractivity contribution in [2.75, 3.05) is 5.75 Å². The summed E-state index contributed by atoms with van der Waals surface area (Å²) in [6.07, 6.45) is 10.7. The third kappa shape index (κ3) is 11.1. The Kier molecular flexibility index (Phi) is 12.9. The van der Waals surface area contributed by atoms with Gasteiger partial charge in [-0.05, 0) is 12.8 Å². The summed E-state index contributed by atoms with van der Waals surface area (Å²) in [5.41, 5.74) is 2.96. The summed E-state index contributed by atoms with van der Waals surface area (Å²) in [5.74, 6) is 6.75. The van der Waals surface area contributed by atoms with E-state index in [1.807, 2.05) is 11.8 Å². The van der Waals surface area contributed by atoms with Crippen molar-refractivity contribution in [3.8, 4) is 0 Å². The van der Waals surface area contributed by atoms with Gasteiger partial charge in [-0.1, -0.05) is 59.3 Å². The molecule has 0 aromatic carbocycles. The van der Waals surface area contributed by atoms with E-state index < -0.39 is 0 Å². The molecule has 0 aromatic rings. The van der Waals surface area contributed by atoms with E-state index in [1.54, 1.807) is 0 Å². The highest BCUT2D eigenvalue weighted by atomic mass is 32.2. The quantitative estimate of drug-likeness (QED) is 0.315. The lowest BCUT2D eigenvalue weighted by atomic mass is 10.1. The molecular weight excluding hydrogens is 228 g/mol. The van der Waals surface area contributed by atoms with Crippen LogP contribution >= 0.6 is 11.8 Å². The molecule has 0 spiro atoms. The number of thioether (sulfide) groups is 1. The minimum atomic E-state index is 0.500. The van der Waals surface area contributed by atoms with Gasteiger partial charge in [0.2, 0.25) is 0 Å². The summed E-state index contributed by atoms with van der Waals surface area (Å²) >= 11 is 2.04. The molecule has 104 valence electrons. The summed E-state index contributed by atoms with van der Waals surface area (Å²) in [6.45, 7) is 6.81. The lowest BCUT2D eigenvalue weighted by Gasteiger charge is -2.17. The highest BCUT2D eigenvalue weighted by molar-refractivity contribution is 7.99. The topological polar surface area (TPSA) is 38.0 Å². The Morgan fingerprint density at radius 2 is 1.71 bits per heavy atom. The van der Waals surface area contributed by atoms with Crippen LogP contribution in [0.25, 0.3) is 0 Å². The first-order chi connectivity index (χ1) is 8.24. The predicted molar refractivity (Wildman–Crippen MR) is 81.3 cm³/mol. The number of nitrogens with one attached hydrogen (secondary N) is 1. The molecule has 3 N–H and O–H groups in total. The molecule has 0 radical (unpaired) electrons. The lowest BCUT2D eigenvalue weighted by molar-refractivity contribution is 0.494. The molecule has 0 amide bonds. The average Bonchev–Trinajstić information content (AvgIpc) is 2.36. The van der Waals surface area contributed by atoms with Crippen LogP contribution in [0.3, 0.4) is 0 Å². The molecule has 2 atom stereocenters. The van der Waals surface area contributed by atoms with Gasteiger partial charge in [0.1, 0.15) is 0 Å². The summed E-state index contributed by atoms with van der Waals surface area (Å²) in [4.78, 5) is 0. The van der Waals surface area contributed by atoms with Crippen molar-refractivity contribution in [2.45, 2.75) is 83.4 Å². The van der Waals surface area contributed by atoms with E-state index in [1.165, 1.54) is 51.4 Å². The van der Waals surface area contributed by atoms with Crippen LogP contribution in [0, 0.1) is 0 Å². The maximum absolute atomic E-state index is 5.60. The monoisotopic (exact) mass is 260 g/mol. The van der Waals surface area contributed by atoms with Crippen molar-refractivity contribution in [3.05, 3.63) is 0 Å². The summed E-state index contributed by atoms with van der Waals surface area (Å²) in [6, 6.07) is 0.500. The molecular formula is C14H32N2S. The van der Waals surface area contributed by atoms with E-state index >= 15 is 0 Å². The lowest BCUT2D eigenvalue weighted by Crippen LogP contribution is -2.37. The zero-order valence-corrected chi connectivity index (χ0v) is 12.8. The summed E-state index contributed by atoms with van der Waals surface area (Å²) in [7, 11) is 0. The molecule has 0 saturated heterocycles. The SMILES string of the molecule is CCCCCCCCC(CSC(C)CC)NN. The van der Waals surface area contributed by atoms with E-state index in [2.05, 4.69) is 26.2 Å². The maximum atomic E-state index is 5.60. The molecule has 3 heteroatoms. The van der Waals surface area contributed by atoms with Gasteiger partial charge in [0, 0.05) is 17.0 Å². The van der Waals surface area contributed by atoms with Crippen molar-refractivity contribution in [2.24, 2.45) is 5.84 Å². The zero-order chi connectivity index (χ0) is 12.9. The summed E-state index contributed by atoms with van der Waals surface area (Å²) < 4.78 is 0. The van der Waals surface area contributed by atoms with Crippen LogP contribution in [-0.4, -0.2) is 17.0 Å². The molecule has 0 fully saturated rings. The van der Waals surface area contributed by atoms with Crippen molar-refractivity contribution in [3.63, 3.8) is 0 Å². The van der Waals surface area contributed by atoms with Crippen LogP contribution in [0.1, 0.15) is 72.1 Å². The van der Waals surface area contributed by atoms with Gasteiger partial charge in [-0.3, -0.25) is 11.3 Å². The Labute approximate surface area is 112 Å². The van der Waals surface area contributed by atoms with Gasteiger partial charge in [-0.2, -0.15) is 11.8 Å². The maximum Gasteiger partial charge on any atom is 0.0301 e. The van der Waals surface area contributed by atoms with Gasteiger partial charge in [0.25, 0.3) is 0 Å². The van der Waals surface area contributed by atoms with Gasteiger partial charge in [-0.15, -0.1) is 0 Å². The van der Waals surface area contributed by atoms with Crippen LogP contribution in [0.4, 0.5) is 0 Å². The molecule has 17 heavy (non-hydrogen) atoms.